The number of aliphatic hydroxyl groups is 1. The van der Waals surface area contributed by atoms with Crippen molar-refractivity contribution in [3.8, 4) is 11.5 Å². The number of likely N-dealkylation sites (N-methyl/N-ethyl adjacent to an activating group) is 1. The van der Waals surface area contributed by atoms with Gasteiger partial charge in [0.1, 0.15) is 11.6 Å². The lowest BCUT2D eigenvalue weighted by Crippen LogP contribution is -2.35. The Morgan fingerprint density at radius 3 is 2.67 bits per heavy atom. The van der Waals surface area contributed by atoms with E-state index in [0.29, 0.717) is 29.2 Å². The zero-order valence-electron chi connectivity index (χ0n) is 16.6. The highest BCUT2D eigenvalue weighted by Gasteiger charge is 2.46. The maximum absolute atomic E-state index is 14.0. The molecule has 0 radical (unpaired) electrons. The molecule has 4 rings (SSSR count). The monoisotopic (exact) mass is 412 g/mol. The number of amides is 1. The van der Waals surface area contributed by atoms with E-state index in [2.05, 4.69) is 0 Å². The van der Waals surface area contributed by atoms with Crippen LogP contribution in [-0.2, 0) is 9.59 Å². The smallest absolute Gasteiger partial charge is 0.295 e. The highest BCUT2D eigenvalue weighted by Crippen LogP contribution is 2.41. The topological polar surface area (TPSA) is 79.3 Å². The molecule has 2 heterocycles. The Morgan fingerprint density at radius 2 is 1.93 bits per heavy atom. The SMILES string of the molecule is CN(C)CCN1C(=O)C(=O)/C(=C(/O)c2ccc3c(c2)OCO3)C1c1cccc(F)c1. The molecule has 2 aliphatic heterocycles. The Labute approximate surface area is 172 Å². The van der Waals surface area contributed by atoms with E-state index in [4.69, 9.17) is 9.47 Å². The third-order valence-corrected chi connectivity index (χ3v) is 5.14. The number of rotatable bonds is 5. The van der Waals surface area contributed by atoms with Crippen LogP contribution in [0.4, 0.5) is 4.39 Å². The van der Waals surface area contributed by atoms with Gasteiger partial charge in [0.05, 0.1) is 11.6 Å². The molecule has 30 heavy (non-hydrogen) atoms. The van der Waals surface area contributed by atoms with Crippen molar-refractivity contribution in [3.05, 3.63) is 65.0 Å². The zero-order valence-corrected chi connectivity index (χ0v) is 16.6. The van der Waals surface area contributed by atoms with Crippen LogP contribution < -0.4 is 9.47 Å². The maximum atomic E-state index is 14.0. The average molecular weight is 412 g/mol. The molecule has 2 aliphatic rings. The molecule has 7 nitrogen and oxygen atoms in total. The summed E-state index contributed by atoms with van der Waals surface area (Å²) < 4.78 is 24.6. The lowest BCUT2D eigenvalue weighted by Gasteiger charge is -2.26. The highest BCUT2D eigenvalue weighted by molar-refractivity contribution is 6.46. The molecule has 156 valence electrons. The first-order valence-electron chi connectivity index (χ1n) is 9.45. The van der Waals surface area contributed by atoms with Crippen molar-refractivity contribution in [3.63, 3.8) is 0 Å². The van der Waals surface area contributed by atoms with E-state index < -0.39 is 23.5 Å². The molecule has 1 atom stereocenters. The third kappa shape index (κ3) is 3.50. The standard InChI is InChI=1S/C22H21FN2O5/c1-24(2)8-9-25-19(13-4-3-5-15(23)10-13)18(21(27)22(25)28)20(26)14-6-7-16-17(11-14)30-12-29-16/h3-7,10-11,19,26H,8-9,12H2,1-2H3/b20-18+. The number of halogens is 1. The van der Waals surface area contributed by atoms with Gasteiger partial charge in [0.2, 0.25) is 6.79 Å². The molecule has 0 bridgehead atoms. The summed E-state index contributed by atoms with van der Waals surface area (Å²) in [5.74, 6) is -1.41. The van der Waals surface area contributed by atoms with Gasteiger partial charge in [-0.05, 0) is 50.0 Å². The molecule has 1 amide bonds. The third-order valence-electron chi connectivity index (χ3n) is 5.14. The number of ketones is 1. The van der Waals surface area contributed by atoms with Crippen LogP contribution in [0, 0.1) is 5.82 Å². The van der Waals surface area contributed by atoms with Gasteiger partial charge < -0.3 is 24.4 Å². The Morgan fingerprint density at radius 1 is 1.17 bits per heavy atom. The molecule has 2 aromatic carbocycles. The van der Waals surface area contributed by atoms with Gasteiger partial charge in [-0.25, -0.2) is 4.39 Å². The van der Waals surface area contributed by atoms with Gasteiger partial charge in [-0.1, -0.05) is 12.1 Å². The van der Waals surface area contributed by atoms with Crippen LogP contribution in [0.15, 0.2) is 48.0 Å². The maximum Gasteiger partial charge on any atom is 0.295 e. The summed E-state index contributed by atoms with van der Waals surface area (Å²) in [6.45, 7) is 0.817. The van der Waals surface area contributed by atoms with E-state index in [1.807, 2.05) is 19.0 Å². The first-order chi connectivity index (χ1) is 14.4. The number of carbonyl (C=O) groups is 2. The van der Waals surface area contributed by atoms with Crippen molar-refractivity contribution < 1.29 is 28.6 Å². The van der Waals surface area contributed by atoms with E-state index in [9.17, 15) is 19.1 Å². The van der Waals surface area contributed by atoms with Crippen LogP contribution in [0.1, 0.15) is 17.2 Å². The molecule has 0 aromatic heterocycles. The summed E-state index contributed by atoms with van der Waals surface area (Å²) in [6, 6.07) is 9.56. The molecule has 8 heteroatoms. The minimum Gasteiger partial charge on any atom is -0.507 e. The van der Waals surface area contributed by atoms with E-state index in [1.54, 1.807) is 24.3 Å². The van der Waals surface area contributed by atoms with Crippen LogP contribution in [0.2, 0.25) is 0 Å². The number of likely N-dealkylation sites (tertiary alicyclic amines) is 1. The van der Waals surface area contributed by atoms with E-state index in [1.165, 1.54) is 23.1 Å². The first-order valence-corrected chi connectivity index (χ1v) is 9.45. The number of carbonyl (C=O) groups excluding carboxylic acids is 2. The second kappa shape index (κ2) is 7.79. The molecule has 0 saturated carbocycles. The fraction of sp³-hybridized carbons (Fsp3) is 0.273. The molecule has 0 aliphatic carbocycles. The van der Waals surface area contributed by atoms with Gasteiger partial charge >= 0.3 is 0 Å². The summed E-state index contributed by atoms with van der Waals surface area (Å²) in [6.07, 6.45) is 0. The predicted octanol–water partition coefficient (Wildman–Crippen LogP) is 2.54. The number of hydrogen-bond acceptors (Lipinski definition) is 6. The number of benzene rings is 2. The van der Waals surface area contributed by atoms with Crippen molar-refractivity contribution in [2.24, 2.45) is 0 Å². The van der Waals surface area contributed by atoms with Gasteiger partial charge in [-0.3, -0.25) is 9.59 Å². The lowest BCUT2D eigenvalue weighted by atomic mass is 9.95. The molecule has 2 aromatic rings. The highest BCUT2D eigenvalue weighted by atomic mass is 19.1. The second-order valence-electron chi connectivity index (χ2n) is 7.42. The number of aliphatic hydroxyl groups excluding tert-OH is 1. The lowest BCUT2D eigenvalue weighted by molar-refractivity contribution is -0.140. The van der Waals surface area contributed by atoms with Crippen LogP contribution in [0.5, 0.6) is 11.5 Å². The number of ether oxygens (including phenoxy) is 2. The minimum absolute atomic E-state index is 0.0672. The van der Waals surface area contributed by atoms with E-state index >= 15 is 0 Å². The molecule has 0 spiro atoms. The molecule has 1 saturated heterocycles. The average Bonchev–Trinajstić information content (AvgIpc) is 3.28. The number of hydrogen-bond donors (Lipinski definition) is 1. The van der Waals surface area contributed by atoms with Crippen LogP contribution in [0.3, 0.4) is 0 Å². The van der Waals surface area contributed by atoms with Crippen molar-refractivity contribution in [1.29, 1.82) is 0 Å². The normalized spacial score (nSPS) is 19.7. The predicted molar refractivity (Wildman–Crippen MR) is 107 cm³/mol. The van der Waals surface area contributed by atoms with E-state index in [0.717, 1.165) is 0 Å². The van der Waals surface area contributed by atoms with Gasteiger partial charge in [-0.15, -0.1) is 0 Å². The Balaban J connectivity index is 1.83. The Kier molecular flexibility index (Phi) is 5.17. The number of Topliss-reactive ketones (excluding diaryl/α,β-unsaturated/α-hetero) is 1. The van der Waals surface area contributed by atoms with Crippen molar-refractivity contribution in [2.75, 3.05) is 34.0 Å². The molecular weight excluding hydrogens is 391 g/mol. The zero-order chi connectivity index (χ0) is 21.4. The van der Waals surface area contributed by atoms with Gasteiger partial charge in [-0.2, -0.15) is 0 Å². The quantitative estimate of drug-likeness (QED) is 0.462. The summed E-state index contributed by atoms with van der Waals surface area (Å²) in [5.41, 5.74) is 0.643. The Hall–Kier alpha value is -3.39. The fourth-order valence-electron chi connectivity index (χ4n) is 3.64. The Bertz CT molecular complexity index is 1050. The fourth-order valence-corrected chi connectivity index (χ4v) is 3.64. The van der Waals surface area contributed by atoms with Crippen LogP contribution in [-0.4, -0.2) is 60.6 Å². The van der Waals surface area contributed by atoms with Gasteiger partial charge in [0, 0.05) is 18.7 Å². The van der Waals surface area contributed by atoms with Gasteiger partial charge in [0.25, 0.3) is 11.7 Å². The van der Waals surface area contributed by atoms with Crippen LogP contribution >= 0.6 is 0 Å². The van der Waals surface area contributed by atoms with Crippen molar-refractivity contribution in [2.45, 2.75) is 6.04 Å². The van der Waals surface area contributed by atoms with Gasteiger partial charge in [0.15, 0.2) is 11.5 Å². The number of nitrogens with zero attached hydrogens (tertiary/aromatic N) is 2. The first kappa shape index (κ1) is 19.9. The molecule has 1 unspecified atom stereocenters. The van der Waals surface area contributed by atoms with E-state index in [-0.39, 0.29) is 24.7 Å². The van der Waals surface area contributed by atoms with Crippen molar-refractivity contribution in [1.82, 2.24) is 9.80 Å². The second-order valence-corrected chi connectivity index (χ2v) is 7.42. The summed E-state index contributed by atoms with van der Waals surface area (Å²) >= 11 is 0. The molecular formula is C22H21FN2O5. The summed E-state index contributed by atoms with van der Waals surface area (Å²) in [5, 5.41) is 11.0. The molecule has 1 N–H and O–H groups in total. The summed E-state index contributed by atoms with van der Waals surface area (Å²) in [7, 11) is 3.70. The van der Waals surface area contributed by atoms with Crippen LogP contribution in [0.25, 0.3) is 5.76 Å². The largest absolute Gasteiger partial charge is 0.507 e. The van der Waals surface area contributed by atoms with Crippen molar-refractivity contribution >= 4 is 17.4 Å². The summed E-state index contributed by atoms with van der Waals surface area (Å²) in [4.78, 5) is 28.9. The minimum atomic E-state index is -0.897. The number of fused-ring (bicyclic) bond motifs is 1. The molecule has 1 fully saturated rings.